The Morgan fingerprint density at radius 3 is 2.08 bits per heavy atom. The van der Waals surface area contributed by atoms with Crippen LogP contribution in [0.1, 0.15) is 70.9 Å². The zero-order valence-corrected chi connectivity index (χ0v) is 57.9. The number of aromatic amines is 1. The van der Waals surface area contributed by atoms with Gasteiger partial charge in [0.1, 0.15) is 47.0 Å². The quantitative estimate of drug-likeness (QED) is 0.0291. The van der Waals surface area contributed by atoms with Gasteiger partial charge >= 0.3 is 5.97 Å². The molecule has 1 saturated heterocycles. The first-order chi connectivity index (χ1) is 47.3. The molecule has 18 N–H and O–H groups in total. The van der Waals surface area contributed by atoms with Gasteiger partial charge in [-0.1, -0.05) is 34.1 Å². The number of carboxylic acids is 1. The van der Waals surface area contributed by atoms with Crippen molar-refractivity contribution in [3.8, 4) is 5.75 Å². The molecule has 1 fully saturated rings. The van der Waals surface area contributed by atoms with E-state index in [0.29, 0.717) is 92.9 Å². The highest BCUT2D eigenvalue weighted by molar-refractivity contribution is 7.98. The molecule has 37 heteroatoms. The van der Waals surface area contributed by atoms with Crippen molar-refractivity contribution in [1.29, 1.82) is 0 Å². The second-order valence-corrected chi connectivity index (χ2v) is 26.5. The highest BCUT2D eigenvalue weighted by Crippen LogP contribution is 2.36. The number of nitrogens with two attached hydrogens (primary N) is 2. The summed E-state index contributed by atoms with van der Waals surface area (Å²) in [5, 5.41) is 64.4. The molecule has 2 bridgehead atoms. The SMILES string of the molecule is CC[C@H](C)[C@@H]1NC(=O)CCNC(=O)[C@@H]2Cc3c([nH]c4c(CSCCOCCOCCOCCOCCOCCN/C=C(\N)CNC(=O)C(C)CC(=O)O)c(OC)ccc34)S(=O)C[C@@H](NC(=O)CNC1=O)C(=O)N[C@@H](CC(N)=O)C(=O)N1C[C@H](O)C[C@H]1C(=O)N[C@@H]([C@@H](C)[C@@H](O)CO)C(=O)N2. The van der Waals surface area contributed by atoms with Gasteiger partial charge in [0.2, 0.25) is 59.1 Å². The van der Waals surface area contributed by atoms with Gasteiger partial charge in [-0.3, -0.25) is 56.9 Å². The molecule has 0 saturated carbocycles. The fourth-order valence-electron chi connectivity index (χ4n) is 10.7. The van der Waals surface area contributed by atoms with Crippen molar-refractivity contribution in [1.82, 2.24) is 57.7 Å². The van der Waals surface area contributed by atoms with Gasteiger partial charge in [-0.15, -0.1) is 0 Å². The number of amides is 10. The first kappa shape index (κ1) is 81.9. The molecule has 3 aliphatic heterocycles. The third-order valence-electron chi connectivity index (χ3n) is 16.4. The predicted molar refractivity (Wildman–Crippen MR) is 357 cm³/mol. The molecule has 1 aromatic heterocycles. The van der Waals surface area contributed by atoms with Gasteiger partial charge in [-0.25, -0.2) is 0 Å². The molecule has 3 aliphatic rings. The Balaban J connectivity index is 1.32. The molecule has 0 spiro atoms. The lowest BCUT2D eigenvalue weighted by atomic mass is 9.93. The van der Waals surface area contributed by atoms with Crippen molar-refractivity contribution in [2.45, 2.75) is 125 Å². The number of H-pyrrole nitrogens is 1. The largest absolute Gasteiger partial charge is 0.496 e. The zero-order chi connectivity index (χ0) is 72.7. The number of methoxy groups -OCH3 is 1. The number of ether oxygens (including phenoxy) is 6. The number of thioether (sulfide) groups is 1. The minimum atomic E-state index is -2.44. The molecule has 0 aliphatic carbocycles. The van der Waals surface area contributed by atoms with Crippen LogP contribution in [0.5, 0.6) is 5.75 Å². The lowest BCUT2D eigenvalue weighted by Gasteiger charge is -2.32. The molecule has 4 heterocycles. The zero-order valence-electron chi connectivity index (χ0n) is 56.3. The Hall–Kier alpha value is -7.75. The van der Waals surface area contributed by atoms with Crippen LogP contribution < -0.4 is 64.1 Å². The van der Waals surface area contributed by atoms with Crippen molar-refractivity contribution in [2.75, 3.05) is 124 Å². The van der Waals surface area contributed by atoms with Crippen LogP contribution >= 0.6 is 11.8 Å². The molecule has 554 valence electrons. The fourth-order valence-corrected chi connectivity index (χ4v) is 12.9. The van der Waals surface area contributed by atoms with Gasteiger partial charge in [-0.05, 0) is 23.6 Å². The van der Waals surface area contributed by atoms with E-state index < -0.39 is 193 Å². The molecular formula is C62H97N13O22S2. The Labute approximate surface area is 579 Å². The van der Waals surface area contributed by atoms with Crippen molar-refractivity contribution >= 4 is 98.5 Å². The molecule has 99 heavy (non-hydrogen) atoms. The standard InChI is InChI=1S/C62H97N13O22S2/c1-6-34(2)52-59(88)68-29-50(81)69-44-33-99(91)61-40(25-42(56(85)66-10-9-49(80)72-52)70-60(89)53(36(4)46(78)31-76)73-58(87)45-24-38(77)30-75(45)62(90)43(26-48(64)79)71-57(44)86)39-7-8-47(92-5)41(54(39)74-61)32-98-22-21-97-20-19-96-18-17-95-16-15-94-14-13-93-12-11-65-27-37(63)28-67-55(84)35(3)23-51(82)83/h7-8,27,34-36,38,42-46,52-53,65,74,76-78H,6,9-26,28-33,63H2,1-5H3,(H2,64,79)(H,66,85)(H,67,84)(H,68,88)(H,69,81)(H,70,89)(H,71,86)(H,72,80)(H,73,87)(H,82,83)/b37-27-/t34-,35?,36-,38+,42-,43-,44+,45-,46-,52-,53-,99?/m0/s1. The lowest BCUT2D eigenvalue weighted by Crippen LogP contribution is -2.61. The summed E-state index contributed by atoms with van der Waals surface area (Å²) in [6.07, 6.45) is -3.62. The van der Waals surface area contributed by atoms with Crippen LogP contribution in [0.15, 0.2) is 29.1 Å². The van der Waals surface area contributed by atoms with E-state index in [1.165, 1.54) is 38.9 Å². The number of rotatable bonds is 34. The first-order valence-corrected chi connectivity index (χ1v) is 35.1. The number of aromatic nitrogens is 1. The molecule has 0 radical (unpaired) electrons. The van der Waals surface area contributed by atoms with Crippen molar-refractivity contribution in [3.63, 3.8) is 0 Å². The highest BCUT2D eigenvalue weighted by Gasteiger charge is 2.45. The normalized spacial score (nSPS) is 23.1. The number of aliphatic hydroxyl groups is 3. The smallest absolute Gasteiger partial charge is 0.304 e. The summed E-state index contributed by atoms with van der Waals surface area (Å²) in [4.78, 5) is 154. The van der Waals surface area contributed by atoms with Crippen LogP contribution in [-0.4, -0.2) is 272 Å². The van der Waals surface area contributed by atoms with Crippen LogP contribution in [0.4, 0.5) is 0 Å². The first-order valence-electron chi connectivity index (χ1n) is 32.6. The Kier molecular flexibility index (Phi) is 35.1. The third-order valence-corrected chi connectivity index (χ3v) is 18.8. The number of hydrogen-bond donors (Lipinski definition) is 16. The highest BCUT2D eigenvalue weighted by atomic mass is 32.2. The molecule has 10 amide bonds. The minimum Gasteiger partial charge on any atom is -0.496 e. The third kappa shape index (κ3) is 26.4. The summed E-state index contributed by atoms with van der Waals surface area (Å²) in [5.41, 5.74) is 12.8. The van der Waals surface area contributed by atoms with Gasteiger partial charge in [0.25, 0.3) is 0 Å². The molecule has 12 atom stereocenters. The topological polar surface area (TPSA) is 520 Å². The number of carbonyl (C=O) groups excluding carboxylic acids is 10. The predicted octanol–water partition coefficient (Wildman–Crippen LogP) is -5.29. The summed E-state index contributed by atoms with van der Waals surface area (Å²) < 4.78 is 49.3. The van der Waals surface area contributed by atoms with Crippen molar-refractivity contribution in [2.24, 2.45) is 29.2 Å². The maximum Gasteiger partial charge on any atom is 0.304 e. The Morgan fingerprint density at radius 2 is 1.45 bits per heavy atom. The summed E-state index contributed by atoms with van der Waals surface area (Å²) in [6, 6.07) is -6.79. The molecular weight excluding hydrogens is 1340 g/mol. The fraction of sp³-hybridized carbons (Fsp3) is 0.661. The van der Waals surface area contributed by atoms with E-state index in [-0.39, 0.29) is 55.7 Å². The van der Waals surface area contributed by atoms with E-state index in [4.69, 9.17) is 45.0 Å². The van der Waals surface area contributed by atoms with Crippen LogP contribution in [-0.2, 0) is 99.4 Å². The number of primary amides is 1. The van der Waals surface area contributed by atoms with Gasteiger partial charge in [0, 0.05) is 85.1 Å². The second-order valence-electron chi connectivity index (χ2n) is 23.9. The van der Waals surface area contributed by atoms with E-state index in [0.717, 1.165) is 4.90 Å². The van der Waals surface area contributed by atoms with Crippen LogP contribution in [0.2, 0.25) is 0 Å². The molecule has 2 unspecified atom stereocenters. The van der Waals surface area contributed by atoms with Gasteiger partial charge in [0.15, 0.2) is 0 Å². The summed E-state index contributed by atoms with van der Waals surface area (Å²) in [5.74, 6) is -12.7. The number of aliphatic carboxylic acids is 1. The second kappa shape index (κ2) is 42.4. The monoisotopic (exact) mass is 1440 g/mol. The number of aliphatic hydroxyl groups excluding tert-OH is 3. The number of nitrogens with one attached hydrogen (secondary N) is 10. The van der Waals surface area contributed by atoms with Gasteiger partial charge < -0.3 is 118 Å². The van der Waals surface area contributed by atoms with Gasteiger partial charge in [-0.2, -0.15) is 11.8 Å². The molecule has 5 rings (SSSR count). The molecule has 35 nitrogen and oxygen atoms in total. The van der Waals surface area contributed by atoms with Crippen LogP contribution in [0, 0.1) is 17.8 Å². The number of carboxylic acid groups (broad SMARTS) is 1. The maximum atomic E-state index is 15.4. The number of carbonyl (C=O) groups is 11. The van der Waals surface area contributed by atoms with Crippen LogP contribution in [0.25, 0.3) is 10.9 Å². The number of hydrogen-bond acceptors (Lipinski definition) is 24. The average molecular weight is 1440 g/mol. The summed E-state index contributed by atoms with van der Waals surface area (Å²) in [6.45, 7) is 7.35. The lowest BCUT2D eigenvalue weighted by molar-refractivity contribution is -0.144. The number of fused-ring (bicyclic) bond motifs is 5. The number of nitrogens with zero attached hydrogens (tertiary/aromatic N) is 1. The van der Waals surface area contributed by atoms with Crippen molar-refractivity contribution < 1.29 is 106 Å². The Bertz CT molecular complexity index is 3140. The summed E-state index contributed by atoms with van der Waals surface area (Å²) in [7, 11) is -1.01. The van der Waals surface area contributed by atoms with E-state index in [2.05, 4.69) is 52.8 Å². The van der Waals surface area contributed by atoms with E-state index in [1.807, 2.05) is 0 Å². The number of benzene rings is 1. The van der Waals surface area contributed by atoms with Crippen LogP contribution in [0.3, 0.4) is 0 Å². The molecule has 1 aromatic carbocycles. The summed E-state index contributed by atoms with van der Waals surface area (Å²) >= 11 is 1.43. The molecule has 2 aromatic rings. The average Bonchev–Trinajstić information content (AvgIpc) is 1.62. The van der Waals surface area contributed by atoms with Crippen molar-refractivity contribution in [3.05, 3.63) is 35.2 Å². The Morgan fingerprint density at radius 1 is 0.798 bits per heavy atom. The van der Waals surface area contributed by atoms with E-state index in [1.54, 1.807) is 26.0 Å². The van der Waals surface area contributed by atoms with Gasteiger partial charge in [0.05, 0.1) is 140 Å². The minimum absolute atomic E-state index is 0.0671. The maximum absolute atomic E-state index is 15.4. The van der Waals surface area contributed by atoms with E-state index >= 15 is 4.21 Å². The van der Waals surface area contributed by atoms with E-state index in [9.17, 15) is 68.1 Å².